The van der Waals surface area contributed by atoms with Crippen LogP contribution in [0.15, 0.2) is 0 Å². The maximum Gasteiger partial charge on any atom is 0.223 e. The molecule has 2 amide bonds. The quantitative estimate of drug-likeness (QED) is 0.818. The van der Waals surface area contributed by atoms with Crippen LogP contribution in [0.3, 0.4) is 0 Å². The number of hydrogen-bond donors (Lipinski definition) is 1. The van der Waals surface area contributed by atoms with Gasteiger partial charge in [-0.15, -0.1) is 0 Å². The van der Waals surface area contributed by atoms with E-state index in [-0.39, 0.29) is 17.9 Å². The van der Waals surface area contributed by atoms with Gasteiger partial charge in [0.1, 0.15) is 5.82 Å². The van der Waals surface area contributed by atoms with Gasteiger partial charge in [-0.3, -0.25) is 9.59 Å². The summed E-state index contributed by atoms with van der Waals surface area (Å²) in [7, 11) is 1.87. The van der Waals surface area contributed by atoms with Crippen LogP contribution in [-0.4, -0.2) is 51.7 Å². The predicted molar refractivity (Wildman–Crippen MR) is 116 cm³/mol. The first kappa shape index (κ1) is 21.1. The van der Waals surface area contributed by atoms with Crippen LogP contribution in [-0.2, 0) is 22.6 Å². The molecule has 3 heterocycles. The van der Waals surface area contributed by atoms with Crippen molar-refractivity contribution in [1.29, 1.82) is 0 Å². The van der Waals surface area contributed by atoms with Crippen molar-refractivity contribution in [1.82, 2.24) is 19.8 Å². The van der Waals surface area contributed by atoms with E-state index >= 15 is 0 Å². The molecule has 7 nitrogen and oxygen atoms in total. The molecule has 1 N–H and O–H groups in total. The molecular weight excluding hydrogens is 378 g/mol. The van der Waals surface area contributed by atoms with Gasteiger partial charge < -0.3 is 15.1 Å². The van der Waals surface area contributed by atoms with Gasteiger partial charge in [0.15, 0.2) is 5.82 Å². The Kier molecular flexibility index (Phi) is 6.54. The Labute approximate surface area is 179 Å². The lowest BCUT2D eigenvalue weighted by molar-refractivity contribution is -0.134. The van der Waals surface area contributed by atoms with Crippen LogP contribution in [0.2, 0.25) is 0 Å². The lowest BCUT2D eigenvalue weighted by atomic mass is 9.86. The van der Waals surface area contributed by atoms with Crippen molar-refractivity contribution in [3.8, 4) is 0 Å². The van der Waals surface area contributed by atoms with Gasteiger partial charge in [0, 0.05) is 45.5 Å². The largest absolute Gasteiger partial charge is 0.373 e. The average Bonchev–Trinajstić information content (AvgIpc) is 2.78. The number of carbonyl (C=O) groups is 2. The van der Waals surface area contributed by atoms with E-state index in [0.29, 0.717) is 18.9 Å². The van der Waals surface area contributed by atoms with Crippen molar-refractivity contribution in [2.45, 2.75) is 83.7 Å². The van der Waals surface area contributed by atoms with Crippen LogP contribution in [0.25, 0.3) is 0 Å². The first-order valence-corrected chi connectivity index (χ1v) is 11.7. The monoisotopic (exact) mass is 413 g/mol. The summed E-state index contributed by atoms with van der Waals surface area (Å²) in [4.78, 5) is 38.7. The summed E-state index contributed by atoms with van der Waals surface area (Å²) in [5, 5.41) is 3.23. The van der Waals surface area contributed by atoms with E-state index < -0.39 is 0 Å². The Balaban J connectivity index is 1.51. The number of amides is 2. The summed E-state index contributed by atoms with van der Waals surface area (Å²) >= 11 is 0. The number of nitrogens with zero attached hydrogens (tertiary/aromatic N) is 4. The smallest absolute Gasteiger partial charge is 0.223 e. The number of hydrogen-bond acceptors (Lipinski definition) is 5. The minimum absolute atomic E-state index is 0.0420. The van der Waals surface area contributed by atoms with Gasteiger partial charge in [-0.05, 0) is 38.0 Å². The fourth-order valence-corrected chi connectivity index (χ4v) is 5.35. The maximum absolute atomic E-state index is 12.9. The summed E-state index contributed by atoms with van der Waals surface area (Å²) in [6, 6.07) is -0.0420. The van der Waals surface area contributed by atoms with Gasteiger partial charge in [-0.1, -0.05) is 19.3 Å². The predicted octanol–water partition coefficient (Wildman–Crippen LogP) is 3.45. The van der Waals surface area contributed by atoms with Crippen LogP contribution >= 0.6 is 0 Å². The molecular formula is C23H35N5O2. The Morgan fingerprint density at radius 1 is 1.03 bits per heavy atom. The van der Waals surface area contributed by atoms with Crippen LogP contribution in [0, 0.1) is 5.92 Å². The van der Waals surface area contributed by atoms with Gasteiger partial charge >= 0.3 is 0 Å². The molecule has 7 heteroatoms. The molecule has 1 aliphatic carbocycles. The first-order valence-electron chi connectivity index (χ1n) is 11.7. The molecule has 3 aliphatic rings. The molecule has 4 rings (SSSR count). The summed E-state index contributed by atoms with van der Waals surface area (Å²) in [5.41, 5.74) is 2.06. The van der Waals surface area contributed by atoms with Crippen molar-refractivity contribution in [3.05, 3.63) is 17.1 Å². The van der Waals surface area contributed by atoms with Gasteiger partial charge in [-0.2, -0.15) is 0 Å². The zero-order chi connectivity index (χ0) is 21.1. The van der Waals surface area contributed by atoms with E-state index in [4.69, 9.17) is 9.97 Å². The zero-order valence-electron chi connectivity index (χ0n) is 18.5. The molecule has 164 valence electrons. The van der Waals surface area contributed by atoms with Crippen molar-refractivity contribution >= 4 is 17.6 Å². The second-order valence-electron chi connectivity index (χ2n) is 9.10. The Bertz CT molecular complexity index is 773. The molecule has 1 saturated carbocycles. The van der Waals surface area contributed by atoms with Crippen molar-refractivity contribution in [2.75, 3.05) is 25.5 Å². The molecule has 0 spiro atoms. The molecule has 30 heavy (non-hydrogen) atoms. The van der Waals surface area contributed by atoms with Gasteiger partial charge in [-0.25, -0.2) is 9.97 Å². The number of likely N-dealkylation sites (tertiary alicyclic amines) is 1. The average molecular weight is 414 g/mol. The first-order chi connectivity index (χ1) is 14.6. The Morgan fingerprint density at radius 2 is 1.80 bits per heavy atom. The van der Waals surface area contributed by atoms with E-state index in [1.807, 2.05) is 16.8 Å². The number of rotatable bonds is 4. The highest BCUT2D eigenvalue weighted by Gasteiger charge is 2.32. The van der Waals surface area contributed by atoms with Crippen molar-refractivity contribution in [3.63, 3.8) is 0 Å². The molecule has 1 atom stereocenters. The second kappa shape index (κ2) is 9.31. The van der Waals surface area contributed by atoms with Gasteiger partial charge in [0.2, 0.25) is 11.8 Å². The van der Waals surface area contributed by atoms with Crippen molar-refractivity contribution < 1.29 is 9.59 Å². The minimum Gasteiger partial charge on any atom is -0.373 e. The third-order valence-corrected chi connectivity index (χ3v) is 7.06. The number of anilines is 1. The number of nitrogens with one attached hydrogen (secondary N) is 1. The normalized spacial score (nSPS) is 22.5. The van der Waals surface area contributed by atoms with Crippen LogP contribution in [0.5, 0.6) is 0 Å². The molecule has 1 saturated heterocycles. The minimum atomic E-state index is -0.0420. The maximum atomic E-state index is 12.9. The van der Waals surface area contributed by atoms with Gasteiger partial charge in [0.05, 0.1) is 18.3 Å². The van der Waals surface area contributed by atoms with E-state index in [2.05, 4.69) is 5.32 Å². The summed E-state index contributed by atoms with van der Waals surface area (Å²) < 4.78 is 0. The summed E-state index contributed by atoms with van der Waals surface area (Å²) in [6.07, 6.45) is 10.7. The molecule has 0 bridgehead atoms. The molecule has 2 fully saturated rings. The van der Waals surface area contributed by atoms with E-state index in [0.717, 1.165) is 61.7 Å². The van der Waals surface area contributed by atoms with E-state index in [1.54, 1.807) is 6.92 Å². The third-order valence-electron chi connectivity index (χ3n) is 7.06. The summed E-state index contributed by atoms with van der Waals surface area (Å²) in [6.45, 7) is 3.71. The lowest BCUT2D eigenvalue weighted by Gasteiger charge is -2.35. The Morgan fingerprint density at radius 3 is 2.53 bits per heavy atom. The number of aromatic nitrogens is 2. The van der Waals surface area contributed by atoms with Crippen LogP contribution in [0.1, 0.15) is 87.8 Å². The molecule has 0 radical (unpaired) electrons. The third kappa shape index (κ3) is 4.44. The fraction of sp³-hybridized carbons (Fsp3) is 0.739. The molecule has 1 aromatic heterocycles. The standard InChI is InChI=1S/C23H35N5O2/c1-16(29)28-12-7-6-10-20(28)23-25-19-11-13-27(15-18(19)22(24-2)26-23)21(30)14-17-8-4-3-5-9-17/h17,20H,3-15H2,1-2H3,(H,24,25,26). The molecule has 1 unspecified atom stereocenters. The number of carbonyl (C=O) groups excluding carboxylic acids is 2. The zero-order valence-corrected chi connectivity index (χ0v) is 18.5. The second-order valence-corrected chi connectivity index (χ2v) is 9.10. The lowest BCUT2D eigenvalue weighted by Crippen LogP contribution is -2.40. The SMILES string of the molecule is CNc1nc(C2CCCCN2C(C)=O)nc2c1CN(C(=O)CC1CCCCC1)CC2. The van der Waals surface area contributed by atoms with Crippen molar-refractivity contribution in [2.24, 2.45) is 5.92 Å². The topological polar surface area (TPSA) is 78.4 Å². The van der Waals surface area contributed by atoms with Gasteiger partial charge in [0.25, 0.3) is 0 Å². The number of fused-ring (bicyclic) bond motifs is 1. The summed E-state index contributed by atoms with van der Waals surface area (Å²) in [5.74, 6) is 2.47. The highest BCUT2D eigenvalue weighted by Crippen LogP contribution is 2.33. The highest BCUT2D eigenvalue weighted by molar-refractivity contribution is 5.77. The molecule has 0 aromatic carbocycles. The molecule has 1 aromatic rings. The number of piperidine rings is 1. The fourth-order valence-electron chi connectivity index (χ4n) is 5.35. The van der Waals surface area contributed by atoms with E-state index in [1.165, 1.54) is 32.1 Å². The highest BCUT2D eigenvalue weighted by atomic mass is 16.2. The van der Waals surface area contributed by atoms with Crippen LogP contribution in [0.4, 0.5) is 5.82 Å². The molecule has 2 aliphatic heterocycles. The van der Waals surface area contributed by atoms with E-state index in [9.17, 15) is 9.59 Å². The Hall–Kier alpha value is -2.18. The van der Waals surface area contributed by atoms with Crippen LogP contribution < -0.4 is 5.32 Å².